The molecular weight excluding hydrogens is 259 g/mol. The third-order valence-corrected chi connectivity index (χ3v) is 2.88. The molecule has 0 amide bonds. The van der Waals surface area contributed by atoms with Crippen LogP contribution >= 0.6 is 0 Å². The van der Waals surface area contributed by atoms with Gasteiger partial charge in [-0.2, -0.15) is 13.2 Å². The first-order valence-electron chi connectivity index (χ1n) is 6.15. The lowest BCUT2D eigenvalue weighted by molar-refractivity contribution is -0.153. The highest BCUT2D eigenvalue weighted by atomic mass is 19.4. The van der Waals surface area contributed by atoms with Crippen molar-refractivity contribution < 1.29 is 22.6 Å². The van der Waals surface area contributed by atoms with Crippen molar-refractivity contribution in [2.24, 2.45) is 5.92 Å². The fourth-order valence-electron chi connectivity index (χ4n) is 1.90. The van der Waals surface area contributed by atoms with Crippen molar-refractivity contribution in [2.75, 3.05) is 31.7 Å². The van der Waals surface area contributed by atoms with Gasteiger partial charge in [-0.1, -0.05) is 12.1 Å². The average Bonchev–Trinajstić information content (AvgIpc) is 2.87. The molecule has 1 N–H and O–H groups in total. The molecule has 0 bridgehead atoms. The highest BCUT2D eigenvalue weighted by Gasteiger charge is 2.28. The Kier molecular flexibility index (Phi) is 4.52. The van der Waals surface area contributed by atoms with Crippen molar-refractivity contribution >= 4 is 5.69 Å². The van der Waals surface area contributed by atoms with E-state index in [1.165, 1.54) is 6.07 Å². The van der Waals surface area contributed by atoms with Crippen LogP contribution in [0.2, 0.25) is 0 Å². The molecule has 1 aliphatic heterocycles. The van der Waals surface area contributed by atoms with Crippen molar-refractivity contribution in [3.8, 4) is 5.75 Å². The van der Waals surface area contributed by atoms with E-state index in [1.807, 2.05) is 0 Å². The van der Waals surface area contributed by atoms with Gasteiger partial charge < -0.3 is 14.8 Å². The van der Waals surface area contributed by atoms with E-state index in [4.69, 9.17) is 9.47 Å². The molecule has 2 rings (SSSR count). The number of hydrogen-bond acceptors (Lipinski definition) is 3. The van der Waals surface area contributed by atoms with Crippen LogP contribution in [0, 0.1) is 5.92 Å². The van der Waals surface area contributed by atoms with Crippen LogP contribution in [0.5, 0.6) is 5.75 Å². The molecule has 0 aliphatic carbocycles. The summed E-state index contributed by atoms with van der Waals surface area (Å²) in [6.07, 6.45) is -3.36. The second kappa shape index (κ2) is 6.14. The van der Waals surface area contributed by atoms with Gasteiger partial charge in [-0.05, 0) is 18.6 Å². The van der Waals surface area contributed by atoms with Crippen molar-refractivity contribution in [3.63, 3.8) is 0 Å². The third kappa shape index (κ3) is 4.63. The maximum absolute atomic E-state index is 12.1. The molecule has 0 radical (unpaired) electrons. The number of hydrogen-bond donors (Lipinski definition) is 1. The fourth-order valence-corrected chi connectivity index (χ4v) is 1.90. The van der Waals surface area contributed by atoms with Crippen molar-refractivity contribution in [2.45, 2.75) is 12.6 Å². The largest absolute Gasteiger partial charge is 0.482 e. The molecule has 1 atom stereocenters. The SMILES string of the molecule is FC(F)(F)COc1ccccc1NC[C@H]1CCOC1. The number of anilines is 1. The van der Waals surface area contributed by atoms with E-state index < -0.39 is 12.8 Å². The molecule has 1 saturated heterocycles. The Morgan fingerprint density at radius 3 is 2.79 bits per heavy atom. The molecule has 19 heavy (non-hydrogen) atoms. The van der Waals surface area contributed by atoms with Crippen LogP contribution in [0.4, 0.5) is 18.9 Å². The zero-order valence-electron chi connectivity index (χ0n) is 10.4. The number of nitrogens with one attached hydrogen (secondary N) is 1. The van der Waals surface area contributed by atoms with Crippen LogP contribution < -0.4 is 10.1 Å². The Morgan fingerprint density at radius 1 is 1.32 bits per heavy atom. The lowest BCUT2D eigenvalue weighted by atomic mass is 10.1. The van der Waals surface area contributed by atoms with Gasteiger partial charge in [-0.3, -0.25) is 0 Å². The Bertz CT molecular complexity index is 403. The summed E-state index contributed by atoms with van der Waals surface area (Å²) in [6, 6.07) is 6.64. The van der Waals surface area contributed by atoms with Crippen LogP contribution in [0.15, 0.2) is 24.3 Å². The number of rotatable bonds is 5. The van der Waals surface area contributed by atoms with E-state index in [1.54, 1.807) is 18.2 Å². The Balaban J connectivity index is 1.91. The summed E-state index contributed by atoms with van der Waals surface area (Å²) in [5.41, 5.74) is 0.582. The van der Waals surface area contributed by atoms with Gasteiger partial charge in [0.25, 0.3) is 0 Å². The van der Waals surface area contributed by atoms with Gasteiger partial charge in [0.2, 0.25) is 0 Å². The van der Waals surface area contributed by atoms with E-state index in [9.17, 15) is 13.2 Å². The molecule has 1 aliphatic rings. The Morgan fingerprint density at radius 2 is 2.11 bits per heavy atom. The first-order valence-corrected chi connectivity index (χ1v) is 6.15. The van der Waals surface area contributed by atoms with Crippen molar-refractivity contribution in [3.05, 3.63) is 24.3 Å². The van der Waals surface area contributed by atoms with Crippen LogP contribution in [0.3, 0.4) is 0 Å². The van der Waals surface area contributed by atoms with Crippen LogP contribution in [-0.2, 0) is 4.74 Å². The molecule has 0 unspecified atom stereocenters. The fraction of sp³-hybridized carbons (Fsp3) is 0.538. The molecule has 0 saturated carbocycles. The van der Waals surface area contributed by atoms with E-state index in [2.05, 4.69) is 5.32 Å². The normalized spacial score (nSPS) is 19.4. The molecule has 1 aromatic carbocycles. The second-order valence-corrected chi connectivity index (χ2v) is 4.51. The van der Waals surface area contributed by atoms with E-state index >= 15 is 0 Å². The predicted octanol–water partition coefficient (Wildman–Crippen LogP) is 3.08. The summed E-state index contributed by atoms with van der Waals surface area (Å²) < 4.78 is 46.5. The van der Waals surface area contributed by atoms with Gasteiger partial charge in [0.05, 0.1) is 12.3 Å². The van der Waals surface area contributed by atoms with E-state index in [-0.39, 0.29) is 5.75 Å². The third-order valence-electron chi connectivity index (χ3n) is 2.88. The number of alkyl halides is 3. The minimum Gasteiger partial charge on any atom is -0.482 e. The van der Waals surface area contributed by atoms with Gasteiger partial charge in [-0.15, -0.1) is 0 Å². The quantitative estimate of drug-likeness (QED) is 0.895. The van der Waals surface area contributed by atoms with E-state index in [0.717, 1.165) is 13.0 Å². The lowest BCUT2D eigenvalue weighted by Gasteiger charge is -2.16. The summed E-state index contributed by atoms with van der Waals surface area (Å²) >= 11 is 0. The number of halogens is 3. The topological polar surface area (TPSA) is 30.5 Å². The maximum atomic E-state index is 12.1. The summed E-state index contributed by atoms with van der Waals surface area (Å²) in [5.74, 6) is 0.620. The van der Waals surface area contributed by atoms with Crippen LogP contribution in [-0.4, -0.2) is 32.5 Å². The smallest absolute Gasteiger partial charge is 0.422 e. The molecule has 1 heterocycles. The van der Waals surface area contributed by atoms with E-state index in [0.29, 0.717) is 24.8 Å². The lowest BCUT2D eigenvalue weighted by Crippen LogP contribution is -2.20. The standard InChI is InChI=1S/C13H16F3NO2/c14-13(15,16)9-19-12-4-2-1-3-11(12)17-7-10-5-6-18-8-10/h1-4,10,17H,5-9H2/t10-/m1/s1. The molecule has 1 aromatic rings. The molecule has 106 valence electrons. The Labute approximate surface area is 109 Å². The predicted molar refractivity (Wildman–Crippen MR) is 65.4 cm³/mol. The van der Waals surface area contributed by atoms with Crippen LogP contribution in [0.25, 0.3) is 0 Å². The first kappa shape index (κ1) is 14.0. The molecule has 0 aromatic heterocycles. The highest BCUT2D eigenvalue weighted by molar-refractivity contribution is 5.56. The minimum absolute atomic E-state index is 0.221. The van der Waals surface area contributed by atoms with Crippen molar-refractivity contribution in [1.29, 1.82) is 0 Å². The minimum atomic E-state index is -4.33. The molecule has 1 fully saturated rings. The second-order valence-electron chi connectivity index (χ2n) is 4.51. The highest BCUT2D eigenvalue weighted by Crippen LogP contribution is 2.27. The van der Waals surface area contributed by atoms with Gasteiger partial charge in [0.1, 0.15) is 5.75 Å². The number of ether oxygens (including phenoxy) is 2. The van der Waals surface area contributed by atoms with Gasteiger partial charge in [-0.25, -0.2) is 0 Å². The van der Waals surface area contributed by atoms with Gasteiger partial charge in [0.15, 0.2) is 6.61 Å². The maximum Gasteiger partial charge on any atom is 0.422 e. The monoisotopic (exact) mass is 275 g/mol. The molecular formula is C13H16F3NO2. The molecule has 6 heteroatoms. The summed E-state index contributed by atoms with van der Waals surface area (Å²) in [6.45, 7) is 0.835. The first-order chi connectivity index (χ1) is 9.04. The number of benzene rings is 1. The summed E-state index contributed by atoms with van der Waals surface area (Å²) in [5, 5.41) is 3.12. The van der Waals surface area contributed by atoms with Gasteiger partial charge in [0, 0.05) is 19.1 Å². The molecule has 0 spiro atoms. The van der Waals surface area contributed by atoms with Gasteiger partial charge >= 0.3 is 6.18 Å². The molecule has 3 nitrogen and oxygen atoms in total. The zero-order chi connectivity index (χ0) is 13.7. The number of para-hydroxylation sites is 2. The van der Waals surface area contributed by atoms with Crippen molar-refractivity contribution in [1.82, 2.24) is 0 Å². The summed E-state index contributed by atoms with van der Waals surface area (Å²) in [7, 11) is 0. The Hall–Kier alpha value is -1.43. The summed E-state index contributed by atoms with van der Waals surface area (Å²) in [4.78, 5) is 0. The van der Waals surface area contributed by atoms with Crippen LogP contribution in [0.1, 0.15) is 6.42 Å². The average molecular weight is 275 g/mol. The zero-order valence-corrected chi connectivity index (χ0v) is 10.4.